The number of fused-ring (bicyclic) bond motifs is 1. The van der Waals surface area contributed by atoms with E-state index in [-0.39, 0.29) is 12.7 Å². The van der Waals surface area contributed by atoms with Gasteiger partial charge in [0.2, 0.25) is 0 Å². The van der Waals surface area contributed by atoms with Crippen molar-refractivity contribution in [3.63, 3.8) is 0 Å². The quantitative estimate of drug-likeness (QED) is 0.498. The highest BCUT2D eigenvalue weighted by Gasteiger charge is 2.50. The van der Waals surface area contributed by atoms with E-state index in [0.717, 1.165) is 38.0 Å². The molecule has 3 heteroatoms. The van der Waals surface area contributed by atoms with Gasteiger partial charge in [0.05, 0.1) is 18.3 Å². The highest BCUT2D eigenvalue weighted by molar-refractivity contribution is 5.36. The molecule has 6 atom stereocenters. The maximum Gasteiger partial charge on any atom is 0.0849 e. The predicted octanol–water partition coefficient (Wildman–Crippen LogP) is 5.71. The number of rotatable bonds is 7. The van der Waals surface area contributed by atoms with Crippen molar-refractivity contribution in [2.45, 2.75) is 103 Å². The molecule has 0 heterocycles. The maximum atomic E-state index is 10.1. The van der Waals surface area contributed by atoms with Crippen LogP contribution in [0.5, 0.6) is 0 Å². The summed E-state index contributed by atoms with van der Waals surface area (Å²) in [4.78, 5) is 0. The van der Waals surface area contributed by atoms with Crippen molar-refractivity contribution in [3.8, 4) is 0 Å². The van der Waals surface area contributed by atoms with E-state index in [2.05, 4.69) is 32.6 Å². The summed E-state index contributed by atoms with van der Waals surface area (Å²) in [5.41, 5.74) is 3.50. The van der Waals surface area contributed by atoms with Crippen LogP contribution in [0.25, 0.3) is 0 Å². The number of allylic oxidation sites excluding steroid dienone is 4. The third-order valence-electron chi connectivity index (χ3n) is 8.63. The van der Waals surface area contributed by atoms with Gasteiger partial charge in [0, 0.05) is 0 Å². The third kappa shape index (κ3) is 5.29. The summed E-state index contributed by atoms with van der Waals surface area (Å²) in [5, 5.41) is 29.4. The van der Waals surface area contributed by atoms with Crippen LogP contribution < -0.4 is 0 Å². The first kappa shape index (κ1) is 23.8. The largest absolute Gasteiger partial charge is 0.393 e. The van der Waals surface area contributed by atoms with Crippen molar-refractivity contribution in [1.29, 1.82) is 0 Å². The average Bonchev–Trinajstić information content (AvgIpc) is 3.06. The molecule has 0 aliphatic heterocycles. The minimum absolute atomic E-state index is 0.155. The second kappa shape index (κ2) is 9.71. The SMILES string of the molecule is C=C1CCC(O)CC1=CC=C1CCC[C@@]2(C)C1CCC2C(C)CCCC(C)(O)CO. The van der Waals surface area contributed by atoms with Gasteiger partial charge in [-0.1, -0.05) is 56.6 Å². The average molecular weight is 417 g/mol. The first-order valence-corrected chi connectivity index (χ1v) is 12.3. The van der Waals surface area contributed by atoms with Crippen LogP contribution in [0.1, 0.15) is 91.4 Å². The second-order valence-electron chi connectivity index (χ2n) is 11.1. The molecule has 0 radical (unpaired) electrons. The molecule has 5 unspecified atom stereocenters. The lowest BCUT2D eigenvalue weighted by Crippen LogP contribution is -2.36. The summed E-state index contributed by atoms with van der Waals surface area (Å²) < 4.78 is 0. The summed E-state index contributed by atoms with van der Waals surface area (Å²) in [6.45, 7) is 10.7. The molecule has 3 fully saturated rings. The van der Waals surface area contributed by atoms with Crippen LogP contribution in [0.3, 0.4) is 0 Å². The van der Waals surface area contributed by atoms with Crippen molar-refractivity contribution in [2.75, 3.05) is 6.61 Å². The topological polar surface area (TPSA) is 60.7 Å². The molecule has 170 valence electrons. The van der Waals surface area contributed by atoms with E-state index < -0.39 is 5.60 Å². The Morgan fingerprint density at radius 2 is 2.00 bits per heavy atom. The molecule has 3 aliphatic carbocycles. The van der Waals surface area contributed by atoms with Gasteiger partial charge in [0.1, 0.15) is 0 Å². The van der Waals surface area contributed by atoms with E-state index in [4.69, 9.17) is 0 Å². The third-order valence-corrected chi connectivity index (χ3v) is 8.63. The highest BCUT2D eigenvalue weighted by atomic mass is 16.3. The van der Waals surface area contributed by atoms with Gasteiger partial charge < -0.3 is 15.3 Å². The van der Waals surface area contributed by atoms with Gasteiger partial charge in [0.15, 0.2) is 0 Å². The zero-order valence-electron chi connectivity index (χ0n) is 19.5. The first-order chi connectivity index (χ1) is 14.2. The second-order valence-corrected chi connectivity index (χ2v) is 11.1. The van der Waals surface area contributed by atoms with Gasteiger partial charge in [-0.3, -0.25) is 0 Å². The molecular weight excluding hydrogens is 372 g/mol. The Labute approximate surface area is 184 Å². The highest BCUT2D eigenvalue weighted by Crippen LogP contribution is 2.60. The minimum Gasteiger partial charge on any atom is -0.393 e. The Morgan fingerprint density at radius 1 is 1.23 bits per heavy atom. The summed E-state index contributed by atoms with van der Waals surface area (Å²) in [7, 11) is 0. The van der Waals surface area contributed by atoms with Crippen LogP contribution in [0.4, 0.5) is 0 Å². The number of aliphatic hydroxyl groups is 3. The molecule has 3 nitrogen and oxygen atoms in total. The fourth-order valence-electron chi connectivity index (χ4n) is 6.69. The molecule has 0 saturated heterocycles. The van der Waals surface area contributed by atoms with Crippen LogP contribution in [0, 0.1) is 23.2 Å². The monoisotopic (exact) mass is 416 g/mol. The van der Waals surface area contributed by atoms with Gasteiger partial charge in [-0.25, -0.2) is 0 Å². The van der Waals surface area contributed by atoms with E-state index in [0.29, 0.717) is 23.7 Å². The number of hydrogen-bond acceptors (Lipinski definition) is 3. The smallest absolute Gasteiger partial charge is 0.0849 e. The number of aliphatic hydroxyl groups excluding tert-OH is 2. The van der Waals surface area contributed by atoms with Gasteiger partial charge in [-0.2, -0.15) is 0 Å². The Morgan fingerprint density at radius 3 is 2.73 bits per heavy atom. The Bertz CT molecular complexity index is 674. The Balaban J connectivity index is 1.66. The standard InChI is InChI=1S/C27H44O3/c1-19-9-12-23(29)17-22(19)11-10-21-8-6-16-27(4)24(13-14-25(21)27)20(2)7-5-15-26(3,30)18-28/h10-11,20,23-25,28-30H,1,5-9,12-18H2,2-4H3/t20?,23?,24?,25?,26?,27-/m1/s1. The van der Waals surface area contributed by atoms with Crippen LogP contribution in [0.2, 0.25) is 0 Å². The fraction of sp³-hybridized carbons (Fsp3) is 0.778. The molecule has 0 spiro atoms. The van der Waals surface area contributed by atoms with Crippen molar-refractivity contribution in [3.05, 3.63) is 35.5 Å². The van der Waals surface area contributed by atoms with Crippen molar-refractivity contribution in [2.24, 2.45) is 23.2 Å². The Hall–Kier alpha value is -0.900. The van der Waals surface area contributed by atoms with Crippen LogP contribution in [-0.2, 0) is 0 Å². The van der Waals surface area contributed by atoms with Gasteiger partial charge in [-0.05, 0) is 93.5 Å². The van der Waals surface area contributed by atoms with E-state index in [9.17, 15) is 15.3 Å². The van der Waals surface area contributed by atoms with Crippen molar-refractivity contribution in [1.82, 2.24) is 0 Å². The Kier molecular flexibility index (Phi) is 7.69. The summed E-state index contributed by atoms with van der Waals surface area (Å²) in [5.74, 6) is 2.07. The van der Waals surface area contributed by atoms with Crippen molar-refractivity contribution >= 4 is 0 Å². The molecule has 0 bridgehead atoms. The van der Waals surface area contributed by atoms with Crippen LogP contribution >= 0.6 is 0 Å². The first-order valence-electron chi connectivity index (χ1n) is 12.3. The molecule has 3 aliphatic rings. The molecule has 3 saturated carbocycles. The lowest BCUT2D eigenvalue weighted by atomic mass is 9.60. The van der Waals surface area contributed by atoms with Crippen LogP contribution in [0.15, 0.2) is 35.5 Å². The maximum absolute atomic E-state index is 10.1. The van der Waals surface area contributed by atoms with Crippen LogP contribution in [-0.4, -0.2) is 33.6 Å². The molecule has 3 rings (SSSR count). The van der Waals surface area contributed by atoms with Gasteiger partial charge in [0.25, 0.3) is 0 Å². The minimum atomic E-state index is -0.938. The zero-order valence-corrected chi connectivity index (χ0v) is 19.5. The summed E-state index contributed by atoms with van der Waals surface area (Å²) >= 11 is 0. The zero-order chi connectivity index (χ0) is 21.9. The normalized spacial score (nSPS) is 37.9. The molecule has 0 aromatic heterocycles. The van der Waals surface area contributed by atoms with E-state index in [1.54, 1.807) is 12.5 Å². The molecule has 0 aromatic carbocycles. The molecule has 0 aromatic rings. The lowest BCUT2D eigenvalue weighted by Gasteiger charge is -2.44. The van der Waals surface area contributed by atoms with E-state index >= 15 is 0 Å². The van der Waals surface area contributed by atoms with Gasteiger partial charge >= 0.3 is 0 Å². The summed E-state index contributed by atoms with van der Waals surface area (Å²) in [6.07, 6.45) is 16.1. The predicted molar refractivity (Wildman–Crippen MR) is 124 cm³/mol. The van der Waals surface area contributed by atoms with E-state index in [1.807, 2.05) is 0 Å². The van der Waals surface area contributed by atoms with E-state index in [1.165, 1.54) is 43.3 Å². The molecule has 0 amide bonds. The van der Waals surface area contributed by atoms with Crippen molar-refractivity contribution < 1.29 is 15.3 Å². The summed E-state index contributed by atoms with van der Waals surface area (Å²) in [6, 6.07) is 0. The fourth-order valence-corrected chi connectivity index (χ4v) is 6.69. The molecular formula is C27H44O3. The molecule has 30 heavy (non-hydrogen) atoms. The van der Waals surface area contributed by atoms with Gasteiger partial charge in [-0.15, -0.1) is 0 Å². The number of hydrogen-bond donors (Lipinski definition) is 3. The lowest BCUT2D eigenvalue weighted by molar-refractivity contribution is -0.00891. The molecule has 3 N–H and O–H groups in total.